The van der Waals surface area contributed by atoms with Crippen molar-refractivity contribution in [3.63, 3.8) is 0 Å². The van der Waals surface area contributed by atoms with Gasteiger partial charge < -0.3 is 15.4 Å². The van der Waals surface area contributed by atoms with E-state index in [9.17, 15) is 14.4 Å². The minimum absolute atomic E-state index is 0.144. The number of para-hydroxylation sites is 1. The average molecular weight is 397 g/mol. The van der Waals surface area contributed by atoms with Crippen LogP contribution in [0.3, 0.4) is 0 Å². The number of nitrogens with one attached hydrogen (secondary N) is 3. The number of hydrogen-bond acceptors (Lipinski definition) is 4. The van der Waals surface area contributed by atoms with Gasteiger partial charge in [-0.2, -0.15) is 0 Å². The number of benzene rings is 2. The van der Waals surface area contributed by atoms with Crippen LogP contribution in [0.5, 0.6) is 0 Å². The lowest BCUT2D eigenvalue weighted by atomic mass is 10.1. The van der Waals surface area contributed by atoms with Crippen LogP contribution in [0.15, 0.2) is 48.5 Å². The van der Waals surface area contributed by atoms with Gasteiger partial charge in [-0.05, 0) is 63.1 Å². The van der Waals surface area contributed by atoms with Crippen LogP contribution in [0.1, 0.15) is 43.6 Å². The summed E-state index contributed by atoms with van der Waals surface area (Å²) in [4.78, 5) is 36.1. The molecule has 2 aromatic rings. The molecular weight excluding hydrogens is 370 g/mol. The van der Waals surface area contributed by atoms with E-state index in [4.69, 9.17) is 4.74 Å². The largest absolute Gasteiger partial charge is 0.444 e. The maximum Gasteiger partial charge on any atom is 0.412 e. The highest BCUT2D eigenvalue weighted by Gasteiger charge is 2.16. The fourth-order valence-corrected chi connectivity index (χ4v) is 2.53. The lowest BCUT2D eigenvalue weighted by molar-refractivity contribution is -0.115. The third-order valence-corrected chi connectivity index (χ3v) is 3.87. The highest BCUT2D eigenvalue weighted by molar-refractivity contribution is 6.00. The minimum atomic E-state index is -0.595. The van der Waals surface area contributed by atoms with E-state index in [0.29, 0.717) is 11.3 Å². The quantitative estimate of drug-likeness (QED) is 0.687. The molecule has 0 saturated carbocycles. The second-order valence-electron chi connectivity index (χ2n) is 7.45. The van der Waals surface area contributed by atoms with Crippen LogP contribution < -0.4 is 16.0 Å². The summed E-state index contributed by atoms with van der Waals surface area (Å²) < 4.78 is 5.18. The molecule has 0 atom stereocenters. The van der Waals surface area contributed by atoms with Crippen molar-refractivity contribution in [2.45, 2.75) is 39.7 Å². The number of rotatable bonds is 6. The van der Waals surface area contributed by atoms with Crippen LogP contribution in [0.25, 0.3) is 0 Å². The lowest BCUT2D eigenvalue weighted by Gasteiger charge is -2.19. The van der Waals surface area contributed by atoms with Crippen LogP contribution in [-0.2, 0) is 16.0 Å². The number of ether oxygens (including phenoxy) is 1. The summed E-state index contributed by atoms with van der Waals surface area (Å²) in [5.74, 6) is -0.685. The van der Waals surface area contributed by atoms with E-state index in [2.05, 4.69) is 16.0 Å². The first kappa shape index (κ1) is 21.9. The standard InChI is InChI=1S/C22H27N3O4/c1-5-15-8-6-7-9-18(15)25-19(26)14-23-20(27)16-10-12-17(13-11-16)24-21(28)29-22(2,3)4/h6-13H,5,14H2,1-4H3,(H,23,27)(H,24,28)(H,25,26). The van der Waals surface area contributed by atoms with Crippen molar-refractivity contribution in [2.24, 2.45) is 0 Å². The van der Waals surface area contributed by atoms with Crippen LogP contribution in [0.4, 0.5) is 16.2 Å². The summed E-state index contributed by atoms with van der Waals surface area (Å²) in [5.41, 5.74) is 2.06. The lowest BCUT2D eigenvalue weighted by Crippen LogP contribution is -2.33. The van der Waals surface area contributed by atoms with Crippen molar-refractivity contribution in [3.8, 4) is 0 Å². The molecular formula is C22H27N3O4. The second-order valence-corrected chi connectivity index (χ2v) is 7.45. The summed E-state index contributed by atoms with van der Waals surface area (Å²) in [6, 6.07) is 13.8. The Hall–Kier alpha value is -3.35. The summed E-state index contributed by atoms with van der Waals surface area (Å²) >= 11 is 0. The number of hydrogen-bond donors (Lipinski definition) is 3. The Labute approximate surface area is 170 Å². The van der Waals surface area contributed by atoms with E-state index in [1.165, 1.54) is 0 Å². The van der Waals surface area contributed by atoms with E-state index in [-0.39, 0.29) is 18.4 Å². The van der Waals surface area contributed by atoms with Gasteiger partial charge in [-0.25, -0.2) is 4.79 Å². The Bertz CT molecular complexity index is 870. The van der Waals surface area contributed by atoms with Gasteiger partial charge in [0.1, 0.15) is 5.60 Å². The first-order valence-electron chi connectivity index (χ1n) is 9.44. The third-order valence-electron chi connectivity index (χ3n) is 3.87. The third kappa shape index (κ3) is 7.29. The number of carbonyl (C=O) groups excluding carboxylic acids is 3. The molecule has 7 heteroatoms. The number of amides is 3. The van der Waals surface area contributed by atoms with E-state index in [1.807, 2.05) is 31.2 Å². The SMILES string of the molecule is CCc1ccccc1NC(=O)CNC(=O)c1ccc(NC(=O)OC(C)(C)C)cc1. The van der Waals surface area contributed by atoms with Gasteiger partial charge in [0.15, 0.2) is 0 Å². The summed E-state index contributed by atoms with van der Waals surface area (Å²) in [6.45, 7) is 7.19. The fraction of sp³-hybridized carbons (Fsp3) is 0.318. The average Bonchev–Trinajstić information content (AvgIpc) is 2.65. The van der Waals surface area contributed by atoms with Crippen molar-refractivity contribution in [2.75, 3.05) is 17.2 Å². The summed E-state index contributed by atoms with van der Waals surface area (Å²) in [6.07, 6.45) is 0.227. The van der Waals surface area contributed by atoms with Crippen LogP contribution in [0.2, 0.25) is 0 Å². The van der Waals surface area contributed by atoms with E-state index >= 15 is 0 Å². The van der Waals surface area contributed by atoms with Gasteiger partial charge in [0, 0.05) is 16.9 Å². The molecule has 0 aliphatic carbocycles. The number of aryl methyl sites for hydroxylation is 1. The first-order chi connectivity index (χ1) is 13.7. The topological polar surface area (TPSA) is 96.5 Å². The molecule has 154 valence electrons. The molecule has 2 aromatic carbocycles. The first-order valence-corrected chi connectivity index (χ1v) is 9.44. The van der Waals surface area contributed by atoms with Gasteiger partial charge in [-0.1, -0.05) is 25.1 Å². The van der Waals surface area contributed by atoms with E-state index < -0.39 is 11.7 Å². The van der Waals surface area contributed by atoms with Crippen molar-refractivity contribution < 1.29 is 19.1 Å². The minimum Gasteiger partial charge on any atom is -0.444 e. The molecule has 0 saturated heterocycles. The fourth-order valence-electron chi connectivity index (χ4n) is 2.53. The number of carbonyl (C=O) groups is 3. The predicted octanol–water partition coefficient (Wildman–Crippen LogP) is 3.96. The molecule has 0 heterocycles. The summed E-state index contributed by atoms with van der Waals surface area (Å²) in [7, 11) is 0. The molecule has 3 N–H and O–H groups in total. The summed E-state index contributed by atoms with van der Waals surface area (Å²) in [5, 5.41) is 7.98. The maximum atomic E-state index is 12.2. The second kappa shape index (κ2) is 9.73. The van der Waals surface area contributed by atoms with E-state index in [1.54, 1.807) is 45.0 Å². The molecule has 0 spiro atoms. The molecule has 2 rings (SSSR count). The molecule has 3 amide bonds. The Balaban J connectivity index is 1.86. The molecule has 29 heavy (non-hydrogen) atoms. The normalized spacial score (nSPS) is 10.8. The van der Waals surface area contributed by atoms with Crippen LogP contribution in [0, 0.1) is 0 Å². The van der Waals surface area contributed by atoms with E-state index in [0.717, 1.165) is 17.7 Å². The van der Waals surface area contributed by atoms with Gasteiger partial charge in [0.2, 0.25) is 5.91 Å². The predicted molar refractivity (Wildman–Crippen MR) is 113 cm³/mol. The van der Waals surface area contributed by atoms with Gasteiger partial charge >= 0.3 is 6.09 Å². The molecule has 0 aliphatic rings. The molecule has 0 aromatic heterocycles. The molecule has 0 aliphatic heterocycles. The van der Waals surface area contributed by atoms with Crippen LogP contribution >= 0.6 is 0 Å². The van der Waals surface area contributed by atoms with Crippen molar-refractivity contribution in [1.82, 2.24) is 5.32 Å². The van der Waals surface area contributed by atoms with Crippen molar-refractivity contribution in [3.05, 3.63) is 59.7 Å². The monoisotopic (exact) mass is 397 g/mol. The Morgan fingerprint density at radius 3 is 2.21 bits per heavy atom. The van der Waals surface area contributed by atoms with Gasteiger partial charge in [-0.3, -0.25) is 14.9 Å². The zero-order valence-electron chi connectivity index (χ0n) is 17.2. The van der Waals surface area contributed by atoms with Crippen molar-refractivity contribution in [1.29, 1.82) is 0 Å². The highest BCUT2D eigenvalue weighted by Crippen LogP contribution is 2.15. The Morgan fingerprint density at radius 2 is 1.59 bits per heavy atom. The van der Waals surface area contributed by atoms with Crippen LogP contribution in [-0.4, -0.2) is 30.1 Å². The highest BCUT2D eigenvalue weighted by atomic mass is 16.6. The molecule has 0 unspecified atom stereocenters. The Kier molecular flexibility index (Phi) is 7.36. The Morgan fingerprint density at radius 1 is 0.931 bits per heavy atom. The molecule has 7 nitrogen and oxygen atoms in total. The zero-order chi connectivity index (χ0) is 21.4. The van der Waals surface area contributed by atoms with Crippen molar-refractivity contribution >= 4 is 29.3 Å². The molecule has 0 fully saturated rings. The van der Waals surface area contributed by atoms with Gasteiger partial charge in [0.25, 0.3) is 5.91 Å². The number of anilines is 2. The van der Waals surface area contributed by atoms with Gasteiger partial charge in [0.05, 0.1) is 6.54 Å². The zero-order valence-corrected chi connectivity index (χ0v) is 17.2. The smallest absolute Gasteiger partial charge is 0.412 e. The molecule has 0 radical (unpaired) electrons. The maximum absolute atomic E-state index is 12.2. The molecule has 0 bridgehead atoms. The van der Waals surface area contributed by atoms with Gasteiger partial charge in [-0.15, -0.1) is 0 Å².